The number of aromatic nitrogens is 1. The van der Waals surface area contributed by atoms with Crippen LogP contribution in [0.3, 0.4) is 0 Å². The molecule has 1 heterocycles. The summed E-state index contributed by atoms with van der Waals surface area (Å²) in [4.78, 5) is 12.0. The largest absolute Gasteiger partial charge is 0.388 e. The number of nitrogens with zero attached hydrogens (tertiary/aromatic N) is 1. The predicted octanol–water partition coefficient (Wildman–Crippen LogP) is 3.22. The fraction of sp³-hybridized carbons (Fsp3) is 0.312. The van der Waals surface area contributed by atoms with Gasteiger partial charge < -0.3 is 15.0 Å². The Labute approximate surface area is 128 Å². The van der Waals surface area contributed by atoms with Crippen LogP contribution in [0.1, 0.15) is 24.5 Å². The summed E-state index contributed by atoms with van der Waals surface area (Å²) in [6.45, 7) is 0.212. The number of nitrogens with one attached hydrogen (secondary N) is 1. The number of hydrogen-bond donors (Lipinski definition) is 2. The third-order valence-corrected chi connectivity index (χ3v) is 3.85. The lowest BCUT2D eigenvalue weighted by molar-refractivity contribution is -0.116. The molecule has 4 nitrogen and oxygen atoms in total. The van der Waals surface area contributed by atoms with Crippen molar-refractivity contribution >= 4 is 23.2 Å². The van der Waals surface area contributed by atoms with Gasteiger partial charge in [-0.3, -0.25) is 4.79 Å². The number of benzene rings is 1. The zero-order chi connectivity index (χ0) is 14.8. The number of aliphatic hydroxyl groups excluding tert-OH is 1. The Balaban J connectivity index is 1.59. The van der Waals surface area contributed by atoms with Gasteiger partial charge in [-0.15, -0.1) is 0 Å². The lowest BCUT2D eigenvalue weighted by atomic mass is 10.1. The molecule has 1 aliphatic carbocycles. The van der Waals surface area contributed by atoms with Gasteiger partial charge in [0.05, 0.1) is 6.10 Å². The fourth-order valence-electron chi connectivity index (χ4n) is 2.35. The van der Waals surface area contributed by atoms with Crippen LogP contribution in [0.5, 0.6) is 0 Å². The summed E-state index contributed by atoms with van der Waals surface area (Å²) in [6.07, 6.45) is 5.42. The molecule has 1 amide bonds. The Morgan fingerprint density at radius 2 is 2.24 bits per heavy atom. The van der Waals surface area contributed by atoms with E-state index >= 15 is 0 Å². The number of carbonyl (C=O) groups excluding carboxylic acids is 1. The summed E-state index contributed by atoms with van der Waals surface area (Å²) in [5.41, 5.74) is 1.56. The highest BCUT2D eigenvalue weighted by Gasteiger charge is 2.31. The second-order valence-electron chi connectivity index (χ2n) is 5.46. The molecule has 0 spiro atoms. The van der Waals surface area contributed by atoms with E-state index in [4.69, 9.17) is 11.6 Å². The molecular formula is C16H17ClN2O2. The summed E-state index contributed by atoms with van der Waals surface area (Å²) < 4.78 is 1.78. The lowest BCUT2D eigenvalue weighted by Gasteiger charge is -2.07. The number of amides is 1. The van der Waals surface area contributed by atoms with Crippen LogP contribution in [0.4, 0.5) is 5.69 Å². The number of halogens is 1. The molecule has 1 unspecified atom stereocenters. The van der Waals surface area contributed by atoms with Crippen molar-refractivity contribution in [2.24, 2.45) is 5.92 Å². The van der Waals surface area contributed by atoms with Crippen molar-refractivity contribution in [3.63, 3.8) is 0 Å². The third-order valence-electron chi connectivity index (χ3n) is 3.62. The number of hydrogen-bond acceptors (Lipinski definition) is 2. The number of aliphatic hydroxyl groups is 1. The number of rotatable bonds is 5. The molecule has 2 aromatic rings. The van der Waals surface area contributed by atoms with Crippen LogP contribution in [0, 0.1) is 5.92 Å². The Kier molecular flexibility index (Phi) is 3.99. The van der Waals surface area contributed by atoms with E-state index in [1.54, 1.807) is 28.8 Å². The summed E-state index contributed by atoms with van der Waals surface area (Å²) in [5, 5.41) is 13.4. The molecule has 1 fully saturated rings. The Bertz CT molecular complexity index is 649. The van der Waals surface area contributed by atoms with E-state index in [0.29, 0.717) is 16.6 Å². The van der Waals surface area contributed by atoms with Gasteiger partial charge in [0.2, 0.25) is 5.91 Å². The summed E-state index contributed by atoms with van der Waals surface area (Å²) >= 11 is 5.88. The van der Waals surface area contributed by atoms with Gasteiger partial charge in [-0.1, -0.05) is 17.7 Å². The van der Waals surface area contributed by atoms with Crippen molar-refractivity contribution in [1.82, 2.24) is 4.57 Å². The van der Waals surface area contributed by atoms with Gasteiger partial charge in [-0.25, -0.2) is 0 Å². The van der Waals surface area contributed by atoms with E-state index in [2.05, 4.69) is 5.32 Å². The predicted molar refractivity (Wildman–Crippen MR) is 82.2 cm³/mol. The van der Waals surface area contributed by atoms with Crippen LogP contribution < -0.4 is 5.32 Å². The first-order valence-electron chi connectivity index (χ1n) is 7.01. The number of carbonyl (C=O) groups is 1. The first kappa shape index (κ1) is 14.2. The molecule has 1 atom stereocenters. The quantitative estimate of drug-likeness (QED) is 0.891. The molecule has 0 aliphatic heterocycles. The van der Waals surface area contributed by atoms with Gasteiger partial charge in [0.1, 0.15) is 6.54 Å². The Morgan fingerprint density at radius 1 is 1.43 bits per heavy atom. The van der Waals surface area contributed by atoms with E-state index in [1.165, 1.54) is 0 Å². The summed E-state index contributed by atoms with van der Waals surface area (Å²) in [7, 11) is 0. The van der Waals surface area contributed by atoms with E-state index in [-0.39, 0.29) is 12.5 Å². The molecule has 0 radical (unpaired) electrons. The van der Waals surface area contributed by atoms with E-state index in [9.17, 15) is 9.90 Å². The van der Waals surface area contributed by atoms with Gasteiger partial charge in [0.25, 0.3) is 0 Å². The van der Waals surface area contributed by atoms with Crippen LogP contribution in [-0.4, -0.2) is 15.6 Å². The van der Waals surface area contributed by atoms with Crippen LogP contribution in [0.2, 0.25) is 5.02 Å². The van der Waals surface area contributed by atoms with Crippen LogP contribution >= 0.6 is 11.6 Å². The van der Waals surface area contributed by atoms with Crippen molar-refractivity contribution < 1.29 is 9.90 Å². The zero-order valence-electron chi connectivity index (χ0n) is 11.5. The molecule has 1 aromatic heterocycles. The Hall–Kier alpha value is -1.78. The van der Waals surface area contributed by atoms with Crippen molar-refractivity contribution in [2.75, 3.05) is 5.32 Å². The van der Waals surface area contributed by atoms with E-state index < -0.39 is 6.10 Å². The second-order valence-corrected chi connectivity index (χ2v) is 5.89. The van der Waals surface area contributed by atoms with Crippen LogP contribution in [0.15, 0.2) is 42.7 Å². The highest BCUT2D eigenvalue weighted by atomic mass is 35.5. The van der Waals surface area contributed by atoms with Gasteiger partial charge in [-0.05, 0) is 48.6 Å². The first-order chi connectivity index (χ1) is 10.1. The lowest BCUT2D eigenvalue weighted by Crippen LogP contribution is -2.17. The van der Waals surface area contributed by atoms with E-state index in [0.717, 1.165) is 18.4 Å². The number of anilines is 1. The monoisotopic (exact) mass is 304 g/mol. The smallest absolute Gasteiger partial charge is 0.244 e. The highest BCUT2D eigenvalue weighted by Crippen LogP contribution is 2.40. The Morgan fingerprint density at radius 3 is 2.95 bits per heavy atom. The standard InChI is InChI=1S/C16H17ClN2O2/c17-13-2-1-3-14(8-13)18-15(20)10-19-7-6-12(9-19)16(21)11-4-5-11/h1-3,6-9,11,16,21H,4-5,10H2,(H,18,20). The summed E-state index contributed by atoms with van der Waals surface area (Å²) in [5.74, 6) is 0.265. The topological polar surface area (TPSA) is 54.3 Å². The highest BCUT2D eigenvalue weighted by molar-refractivity contribution is 6.30. The average molecular weight is 305 g/mol. The molecule has 2 N–H and O–H groups in total. The van der Waals surface area contributed by atoms with Gasteiger partial charge in [-0.2, -0.15) is 0 Å². The molecule has 5 heteroatoms. The first-order valence-corrected chi connectivity index (χ1v) is 7.39. The average Bonchev–Trinajstić information content (AvgIpc) is 3.18. The molecule has 3 rings (SSSR count). The van der Waals surface area contributed by atoms with Crippen molar-refractivity contribution in [3.8, 4) is 0 Å². The zero-order valence-corrected chi connectivity index (χ0v) is 12.3. The van der Waals surface area contributed by atoms with Gasteiger partial charge in [0.15, 0.2) is 0 Å². The van der Waals surface area contributed by atoms with Crippen LogP contribution in [0.25, 0.3) is 0 Å². The minimum absolute atomic E-state index is 0.125. The second kappa shape index (κ2) is 5.92. The van der Waals surface area contributed by atoms with Gasteiger partial charge in [0, 0.05) is 23.1 Å². The summed E-state index contributed by atoms with van der Waals surface area (Å²) in [6, 6.07) is 8.92. The molecule has 0 saturated heterocycles. The molecule has 0 bridgehead atoms. The normalized spacial score (nSPS) is 15.7. The van der Waals surface area contributed by atoms with Crippen molar-refractivity contribution in [3.05, 3.63) is 53.3 Å². The van der Waals surface area contributed by atoms with Gasteiger partial charge >= 0.3 is 0 Å². The molecule has 110 valence electrons. The SMILES string of the molecule is O=C(Cn1ccc(C(O)C2CC2)c1)Nc1cccc(Cl)c1. The van der Waals surface area contributed by atoms with Crippen molar-refractivity contribution in [2.45, 2.75) is 25.5 Å². The maximum atomic E-state index is 12.0. The third kappa shape index (κ3) is 3.65. The fourth-order valence-corrected chi connectivity index (χ4v) is 2.54. The maximum Gasteiger partial charge on any atom is 0.244 e. The molecule has 1 aromatic carbocycles. The van der Waals surface area contributed by atoms with Crippen molar-refractivity contribution in [1.29, 1.82) is 0 Å². The maximum absolute atomic E-state index is 12.0. The minimum atomic E-state index is -0.401. The molecular weight excluding hydrogens is 288 g/mol. The van der Waals surface area contributed by atoms with E-state index in [1.807, 2.05) is 18.5 Å². The van der Waals surface area contributed by atoms with Crippen LogP contribution in [-0.2, 0) is 11.3 Å². The molecule has 21 heavy (non-hydrogen) atoms. The molecule has 1 saturated carbocycles. The minimum Gasteiger partial charge on any atom is -0.388 e. The molecule has 1 aliphatic rings.